The highest BCUT2D eigenvalue weighted by atomic mass is 35.5. The standard InChI is InChI=1S/C14H12ClF2N7/c1-3-10-7-9(8-23-21-13(19-22-23)14(2,16)17)20-24(10)12-11(15)5-4-6-18-12/h3-7H,1,8H2,2H3. The van der Waals surface area contributed by atoms with Crippen molar-refractivity contribution in [2.45, 2.75) is 19.4 Å². The molecule has 10 heteroatoms. The van der Waals surface area contributed by atoms with E-state index >= 15 is 0 Å². The van der Waals surface area contributed by atoms with Crippen LogP contribution in [-0.4, -0.2) is 35.0 Å². The smallest absolute Gasteiger partial charge is 0.236 e. The van der Waals surface area contributed by atoms with Crippen LogP contribution in [0.2, 0.25) is 5.02 Å². The van der Waals surface area contributed by atoms with E-state index in [9.17, 15) is 8.78 Å². The summed E-state index contributed by atoms with van der Waals surface area (Å²) in [7, 11) is 0. The number of halogens is 3. The van der Waals surface area contributed by atoms with Gasteiger partial charge < -0.3 is 0 Å². The zero-order chi connectivity index (χ0) is 17.3. The number of alkyl halides is 2. The molecular weight excluding hydrogens is 340 g/mol. The monoisotopic (exact) mass is 351 g/mol. The van der Waals surface area contributed by atoms with Crippen LogP contribution in [0.4, 0.5) is 8.78 Å². The third-order valence-electron chi connectivity index (χ3n) is 3.09. The van der Waals surface area contributed by atoms with Crippen molar-refractivity contribution in [1.82, 2.24) is 35.0 Å². The van der Waals surface area contributed by atoms with Crippen LogP contribution in [0.3, 0.4) is 0 Å². The van der Waals surface area contributed by atoms with Crippen LogP contribution in [0.1, 0.15) is 24.1 Å². The number of pyridine rings is 1. The van der Waals surface area contributed by atoms with Crippen LogP contribution < -0.4 is 0 Å². The van der Waals surface area contributed by atoms with Gasteiger partial charge in [-0.1, -0.05) is 18.2 Å². The molecule has 7 nitrogen and oxygen atoms in total. The van der Waals surface area contributed by atoms with Crippen molar-refractivity contribution in [1.29, 1.82) is 0 Å². The molecule has 124 valence electrons. The number of aromatic nitrogens is 7. The van der Waals surface area contributed by atoms with Gasteiger partial charge in [0, 0.05) is 13.1 Å². The van der Waals surface area contributed by atoms with Crippen molar-refractivity contribution in [2.24, 2.45) is 0 Å². The maximum atomic E-state index is 13.2. The van der Waals surface area contributed by atoms with Crippen molar-refractivity contribution < 1.29 is 8.78 Å². The molecule has 0 aromatic carbocycles. The first-order chi connectivity index (χ1) is 11.4. The fourth-order valence-electron chi connectivity index (χ4n) is 2.00. The van der Waals surface area contributed by atoms with Crippen LogP contribution in [-0.2, 0) is 12.5 Å². The van der Waals surface area contributed by atoms with E-state index in [1.54, 1.807) is 30.5 Å². The van der Waals surface area contributed by atoms with E-state index in [1.165, 1.54) is 4.68 Å². The molecule has 0 saturated carbocycles. The van der Waals surface area contributed by atoms with Gasteiger partial charge >= 0.3 is 5.92 Å². The second-order valence-electron chi connectivity index (χ2n) is 5.02. The lowest BCUT2D eigenvalue weighted by Gasteiger charge is -2.04. The van der Waals surface area contributed by atoms with Crippen molar-refractivity contribution >= 4 is 17.7 Å². The van der Waals surface area contributed by atoms with Gasteiger partial charge in [0.2, 0.25) is 5.82 Å². The Morgan fingerprint density at radius 2 is 2.17 bits per heavy atom. The molecule has 3 aromatic heterocycles. The highest BCUT2D eigenvalue weighted by Gasteiger charge is 2.30. The molecule has 0 radical (unpaired) electrons. The molecule has 0 aliphatic rings. The Labute approximate surface area is 140 Å². The normalized spacial score (nSPS) is 11.7. The molecule has 3 heterocycles. The van der Waals surface area contributed by atoms with Crippen molar-refractivity contribution in [2.75, 3.05) is 0 Å². The zero-order valence-corrected chi connectivity index (χ0v) is 13.3. The Bertz CT molecular complexity index is 881. The largest absolute Gasteiger partial charge is 0.307 e. The lowest BCUT2D eigenvalue weighted by molar-refractivity contribution is 0.00739. The maximum Gasteiger partial charge on any atom is 0.307 e. The predicted molar refractivity (Wildman–Crippen MR) is 82.9 cm³/mol. The average Bonchev–Trinajstić information content (AvgIpc) is 3.14. The second-order valence-corrected chi connectivity index (χ2v) is 5.42. The van der Waals surface area contributed by atoms with Crippen LogP contribution in [0.5, 0.6) is 0 Å². The van der Waals surface area contributed by atoms with Crippen molar-refractivity contribution in [3.05, 3.63) is 53.2 Å². The molecule has 0 unspecified atom stereocenters. The number of tetrazole rings is 1. The third-order valence-corrected chi connectivity index (χ3v) is 3.38. The molecule has 3 aromatic rings. The Kier molecular flexibility index (Phi) is 4.10. The Balaban J connectivity index is 1.92. The number of hydrogen-bond acceptors (Lipinski definition) is 5. The van der Waals surface area contributed by atoms with Gasteiger partial charge in [0.15, 0.2) is 5.82 Å². The summed E-state index contributed by atoms with van der Waals surface area (Å²) in [6, 6.07) is 5.10. The Hall–Kier alpha value is -2.68. The molecule has 0 saturated heterocycles. The van der Waals surface area contributed by atoms with Gasteiger partial charge in [0.1, 0.15) is 6.54 Å². The van der Waals surface area contributed by atoms with Gasteiger partial charge in [0.25, 0.3) is 0 Å². The van der Waals surface area contributed by atoms with Crippen LogP contribution in [0.15, 0.2) is 31.0 Å². The first-order valence-electron chi connectivity index (χ1n) is 6.87. The lowest BCUT2D eigenvalue weighted by atomic mass is 10.3. The SMILES string of the molecule is C=Cc1cc(Cn2nnc(C(C)(F)F)n2)nn1-c1ncccc1Cl. The summed E-state index contributed by atoms with van der Waals surface area (Å²) in [6.45, 7) is 4.50. The molecule has 24 heavy (non-hydrogen) atoms. The summed E-state index contributed by atoms with van der Waals surface area (Å²) in [6.07, 6.45) is 3.17. The number of rotatable bonds is 5. The van der Waals surface area contributed by atoms with Crippen LogP contribution in [0.25, 0.3) is 11.9 Å². The lowest BCUT2D eigenvalue weighted by Crippen LogP contribution is -2.11. The number of nitrogens with zero attached hydrogens (tertiary/aromatic N) is 7. The van der Waals surface area contributed by atoms with E-state index in [2.05, 4.69) is 32.1 Å². The minimum atomic E-state index is -3.15. The highest BCUT2D eigenvalue weighted by molar-refractivity contribution is 6.32. The third kappa shape index (κ3) is 3.16. The average molecular weight is 352 g/mol. The van der Waals surface area contributed by atoms with Crippen LogP contribution >= 0.6 is 11.6 Å². The maximum absolute atomic E-state index is 13.2. The second kappa shape index (κ2) is 6.08. The fourth-order valence-corrected chi connectivity index (χ4v) is 2.20. The van der Waals surface area contributed by atoms with Gasteiger partial charge in [-0.3, -0.25) is 0 Å². The van der Waals surface area contributed by atoms with Crippen molar-refractivity contribution in [3.8, 4) is 5.82 Å². The molecule has 0 fully saturated rings. The van der Waals surface area contributed by atoms with E-state index in [-0.39, 0.29) is 6.54 Å². The topological polar surface area (TPSA) is 74.3 Å². The van der Waals surface area contributed by atoms with E-state index in [0.29, 0.717) is 29.2 Å². The fraction of sp³-hybridized carbons (Fsp3) is 0.214. The van der Waals surface area contributed by atoms with Crippen LogP contribution in [0, 0.1) is 0 Å². The Morgan fingerprint density at radius 1 is 1.38 bits per heavy atom. The van der Waals surface area contributed by atoms with Gasteiger partial charge in [-0.15, -0.1) is 10.2 Å². The first kappa shape index (κ1) is 16.2. The molecule has 3 rings (SSSR count). The molecule has 0 spiro atoms. The predicted octanol–water partition coefficient (Wildman–Crippen LogP) is 2.71. The molecule has 0 amide bonds. The summed E-state index contributed by atoms with van der Waals surface area (Å²) in [4.78, 5) is 5.23. The molecule has 0 aliphatic heterocycles. The minimum Gasteiger partial charge on any atom is -0.236 e. The first-order valence-corrected chi connectivity index (χ1v) is 7.24. The zero-order valence-electron chi connectivity index (χ0n) is 12.6. The molecular formula is C14H12ClF2N7. The van der Waals surface area contributed by atoms with Gasteiger partial charge in [-0.2, -0.15) is 18.7 Å². The summed E-state index contributed by atoms with van der Waals surface area (Å²) in [5.41, 5.74) is 1.17. The quantitative estimate of drug-likeness (QED) is 0.706. The van der Waals surface area contributed by atoms with Crippen molar-refractivity contribution in [3.63, 3.8) is 0 Å². The molecule has 0 N–H and O–H groups in total. The van der Waals surface area contributed by atoms with Gasteiger partial charge in [0.05, 0.1) is 16.4 Å². The molecule has 0 bridgehead atoms. The number of hydrogen-bond donors (Lipinski definition) is 0. The summed E-state index contributed by atoms with van der Waals surface area (Å²) >= 11 is 6.13. The minimum absolute atomic E-state index is 0.0708. The van der Waals surface area contributed by atoms with E-state index in [4.69, 9.17) is 11.6 Å². The van der Waals surface area contributed by atoms with Gasteiger partial charge in [-0.05, 0) is 29.5 Å². The summed E-state index contributed by atoms with van der Waals surface area (Å²) in [5, 5.41) is 15.4. The summed E-state index contributed by atoms with van der Waals surface area (Å²) < 4.78 is 27.8. The molecule has 0 aliphatic carbocycles. The van der Waals surface area contributed by atoms with E-state index in [0.717, 1.165) is 4.80 Å². The van der Waals surface area contributed by atoms with E-state index in [1.807, 2.05) is 0 Å². The summed E-state index contributed by atoms with van der Waals surface area (Å²) in [5.74, 6) is -3.35. The Morgan fingerprint density at radius 3 is 2.79 bits per heavy atom. The van der Waals surface area contributed by atoms with E-state index < -0.39 is 11.7 Å². The highest BCUT2D eigenvalue weighted by Crippen LogP contribution is 2.23. The molecule has 0 atom stereocenters. The van der Waals surface area contributed by atoms with Gasteiger partial charge in [-0.25, -0.2) is 9.67 Å².